The van der Waals surface area contributed by atoms with Crippen molar-refractivity contribution in [1.29, 1.82) is 0 Å². The van der Waals surface area contributed by atoms with Crippen molar-refractivity contribution in [3.8, 4) is 17.2 Å². The Bertz CT molecular complexity index is 474. The first-order valence-corrected chi connectivity index (χ1v) is 4.96. The maximum absolute atomic E-state index is 9.01. The molecule has 2 aromatic rings. The van der Waals surface area contributed by atoms with E-state index in [4.69, 9.17) is 14.3 Å². The fourth-order valence-electron chi connectivity index (χ4n) is 1.43. The molecule has 0 unspecified atom stereocenters. The van der Waals surface area contributed by atoms with Crippen LogP contribution in [0.1, 0.15) is 11.5 Å². The van der Waals surface area contributed by atoms with Crippen LogP contribution in [0.4, 0.5) is 0 Å². The highest BCUT2D eigenvalue weighted by molar-refractivity contribution is 5.55. The minimum atomic E-state index is -0.130. The Morgan fingerprint density at radius 1 is 1.31 bits per heavy atom. The third kappa shape index (κ3) is 1.92. The van der Waals surface area contributed by atoms with Crippen LogP contribution in [0.3, 0.4) is 0 Å². The molecule has 0 fully saturated rings. The number of aromatic nitrogens is 1. The predicted molar refractivity (Wildman–Crippen MR) is 59.2 cm³/mol. The predicted octanol–water partition coefficient (Wildman–Crippen LogP) is 2.15. The van der Waals surface area contributed by atoms with Crippen molar-refractivity contribution in [2.75, 3.05) is 7.11 Å². The molecule has 0 radical (unpaired) electrons. The Labute approximate surface area is 93.5 Å². The maximum atomic E-state index is 9.01. The Balaban J connectivity index is 2.34. The largest absolute Gasteiger partial charge is 0.497 e. The molecule has 1 N–H and O–H groups in total. The van der Waals surface area contributed by atoms with Crippen LogP contribution >= 0.6 is 0 Å². The van der Waals surface area contributed by atoms with Gasteiger partial charge in [0.2, 0.25) is 5.89 Å². The van der Waals surface area contributed by atoms with Crippen molar-refractivity contribution < 1.29 is 14.3 Å². The monoisotopic (exact) mass is 219 g/mol. The van der Waals surface area contributed by atoms with Gasteiger partial charge >= 0.3 is 0 Å². The lowest BCUT2D eigenvalue weighted by Gasteiger charge is -1.99. The average molecular weight is 219 g/mol. The lowest BCUT2D eigenvalue weighted by Crippen LogP contribution is -1.82. The molecule has 0 amide bonds. The van der Waals surface area contributed by atoms with E-state index < -0.39 is 0 Å². The fourth-order valence-corrected chi connectivity index (χ4v) is 1.43. The van der Waals surface area contributed by atoms with Crippen LogP contribution in [-0.2, 0) is 6.61 Å². The Kier molecular flexibility index (Phi) is 2.92. The minimum Gasteiger partial charge on any atom is -0.497 e. The summed E-state index contributed by atoms with van der Waals surface area (Å²) in [6.45, 7) is 1.68. The number of oxazole rings is 1. The third-order valence-electron chi connectivity index (χ3n) is 2.37. The minimum absolute atomic E-state index is 0.130. The molecule has 0 spiro atoms. The number of benzene rings is 1. The summed E-state index contributed by atoms with van der Waals surface area (Å²) in [7, 11) is 1.62. The molecule has 1 heterocycles. The molecule has 1 aromatic heterocycles. The van der Waals surface area contributed by atoms with Crippen LogP contribution in [0.15, 0.2) is 28.7 Å². The highest BCUT2D eigenvalue weighted by Gasteiger charge is 2.10. The number of hydrogen-bond acceptors (Lipinski definition) is 4. The maximum Gasteiger partial charge on any atom is 0.226 e. The van der Waals surface area contributed by atoms with Gasteiger partial charge in [0.25, 0.3) is 0 Å². The van der Waals surface area contributed by atoms with Gasteiger partial charge < -0.3 is 14.3 Å². The van der Waals surface area contributed by atoms with Crippen LogP contribution in [0.5, 0.6) is 5.75 Å². The SMILES string of the molecule is COc1ccc(-c2nc(C)c(CO)o2)cc1. The lowest BCUT2D eigenvalue weighted by atomic mass is 10.2. The van der Waals surface area contributed by atoms with Gasteiger partial charge in [0.15, 0.2) is 5.76 Å². The molecule has 0 saturated carbocycles. The van der Waals surface area contributed by atoms with Gasteiger partial charge in [-0.25, -0.2) is 4.98 Å². The summed E-state index contributed by atoms with van der Waals surface area (Å²) >= 11 is 0. The van der Waals surface area contributed by atoms with E-state index in [2.05, 4.69) is 4.98 Å². The number of aliphatic hydroxyl groups excluding tert-OH is 1. The van der Waals surface area contributed by atoms with Gasteiger partial charge in [0.05, 0.1) is 12.8 Å². The van der Waals surface area contributed by atoms with Crippen molar-refractivity contribution in [2.24, 2.45) is 0 Å². The normalized spacial score (nSPS) is 10.4. The van der Waals surface area contributed by atoms with Crippen molar-refractivity contribution in [3.05, 3.63) is 35.7 Å². The molecule has 0 atom stereocenters. The van der Waals surface area contributed by atoms with Gasteiger partial charge in [0.1, 0.15) is 12.4 Å². The van der Waals surface area contributed by atoms with Gasteiger partial charge in [-0.2, -0.15) is 0 Å². The molecule has 16 heavy (non-hydrogen) atoms. The van der Waals surface area contributed by atoms with E-state index in [0.29, 0.717) is 17.3 Å². The zero-order chi connectivity index (χ0) is 11.5. The van der Waals surface area contributed by atoms with Gasteiger partial charge in [0, 0.05) is 5.56 Å². The molecule has 84 valence electrons. The van der Waals surface area contributed by atoms with Crippen LogP contribution in [0.2, 0.25) is 0 Å². The van der Waals surface area contributed by atoms with Crippen LogP contribution in [-0.4, -0.2) is 17.2 Å². The van der Waals surface area contributed by atoms with E-state index in [0.717, 1.165) is 11.3 Å². The number of ether oxygens (including phenoxy) is 1. The number of aliphatic hydroxyl groups is 1. The summed E-state index contributed by atoms with van der Waals surface area (Å²) in [5, 5.41) is 9.01. The topological polar surface area (TPSA) is 55.5 Å². The van der Waals surface area contributed by atoms with E-state index in [-0.39, 0.29) is 6.61 Å². The summed E-state index contributed by atoms with van der Waals surface area (Å²) in [5.41, 5.74) is 1.58. The number of rotatable bonds is 3. The molecule has 1 aromatic carbocycles. The Morgan fingerprint density at radius 3 is 2.50 bits per heavy atom. The standard InChI is InChI=1S/C12H13NO3/c1-8-11(7-14)16-12(13-8)9-3-5-10(15-2)6-4-9/h3-6,14H,7H2,1-2H3. The first kappa shape index (κ1) is 10.7. The average Bonchev–Trinajstić information content (AvgIpc) is 2.71. The second-order valence-corrected chi connectivity index (χ2v) is 3.41. The van der Waals surface area contributed by atoms with Crippen molar-refractivity contribution >= 4 is 0 Å². The molecular formula is C12H13NO3. The first-order valence-electron chi connectivity index (χ1n) is 4.96. The van der Waals surface area contributed by atoms with Crippen LogP contribution in [0.25, 0.3) is 11.5 Å². The molecule has 2 rings (SSSR count). The molecule has 0 bridgehead atoms. The zero-order valence-electron chi connectivity index (χ0n) is 9.23. The Morgan fingerprint density at radius 2 is 2.00 bits per heavy atom. The highest BCUT2D eigenvalue weighted by Crippen LogP contribution is 2.23. The summed E-state index contributed by atoms with van der Waals surface area (Å²) < 4.78 is 10.5. The number of aryl methyl sites for hydroxylation is 1. The van der Waals surface area contributed by atoms with E-state index in [9.17, 15) is 0 Å². The van der Waals surface area contributed by atoms with E-state index in [1.54, 1.807) is 7.11 Å². The number of nitrogens with zero attached hydrogens (tertiary/aromatic N) is 1. The van der Waals surface area contributed by atoms with Crippen molar-refractivity contribution in [1.82, 2.24) is 4.98 Å². The van der Waals surface area contributed by atoms with Gasteiger partial charge in [-0.1, -0.05) is 0 Å². The molecule has 0 aliphatic rings. The third-order valence-corrected chi connectivity index (χ3v) is 2.37. The highest BCUT2D eigenvalue weighted by atomic mass is 16.5. The van der Waals surface area contributed by atoms with Crippen molar-refractivity contribution in [2.45, 2.75) is 13.5 Å². The molecule has 0 aliphatic heterocycles. The quantitative estimate of drug-likeness (QED) is 0.859. The zero-order valence-corrected chi connectivity index (χ0v) is 9.23. The van der Waals surface area contributed by atoms with Gasteiger partial charge in [-0.05, 0) is 31.2 Å². The lowest BCUT2D eigenvalue weighted by molar-refractivity contribution is 0.247. The summed E-state index contributed by atoms with van der Waals surface area (Å²) in [6, 6.07) is 7.41. The molecule has 4 nitrogen and oxygen atoms in total. The van der Waals surface area contributed by atoms with E-state index in [1.165, 1.54) is 0 Å². The Hall–Kier alpha value is -1.81. The molecule has 0 aliphatic carbocycles. The summed E-state index contributed by atoms with van der Waals surface area (Å²) in [4.78, 5) is 4.24. The fraction of sp³-hybridized carbons (Fsp3) is 0.250. The van der Waals surface area contributed by atoms with Crippen LogP contribution < -0.4 is 4.74 Å². The van der Waals surface area contributed by atoms with E-state index >= 15 is 0 Å². The summed E-state index contributed by atoms with van der Waals surface area (Å²) in [6.07, 6.45) is 0. The number of hydrogen-bond donors (Lipinski definition) is 1. The molecular weight excluding hydrogens is 206 g/mol. The van der Waals surface area contributed by atoms with Crippen molar-refractivity contribution in [3.63, 3.8) is 0 Å². The second kappa shape index (κ2) is 4.37. The first-order chi connectivity index (χ1) is 7.74. The van der Waals surface area contributed by atoms with Gasteiger partial charge in [-0.15, -0.1) is 0 Å². The second-order valence-electron chi connectivity index (χ2n) is 3.41. The van der Waals surface area contributed by atoms with Crippen LogP contribution in [0, 0.1) is 6.92 Å². The summed E-state index contributed by atoms with van der Waals surface area (Å²) in [5.74, 6) is 1.81. The van der Waals surface area contributed by atoms with Gasteiger partial charge in [-0.3, -0.25) is 0 Å². The smallest absolute Gasteiger partial charge is 0.226 e. The molecule has 0 saturated heterocycles. The number of methoxy groups -OCH3 is 1. The molecule has 4 heteroatoms. The van der Waals surface area contributed by atoms with E-state index in [1.807, 2.05) is 31.2 Å².